The summed E-state index contributed by atoms with van der Waals surface area (Å²) in [6.07, 6.45) is 0. The highest BCUT2D eigenvalue weighted by molar-refractivity contribution is 6.14. The zero-order chi connectivity index (χ0) is 14.3. The SMILES string of the molecule is CC(C)N1C(=O)c2ccccc2N(C)c2ccccc21. The fourth-order valence-corrected chi connectivity index (χ4v) is 2.78. The third-order valence-corrected chi connectivity index (χ3v) is 3.73. The summed E-state index contributed by atoms with van der Waals surface area (Å²) in [5.74, 6) is 0.0624. The molecule has 0 aliphatic carbocycles. The maximum Gasteiger partial charge on any atom is 0.260 e. The first-order valence-corrected chi connectivity index (χ1v) is 6.86. The van der Waals surface area contributed by atoms with Crippen molar-refractivity contribution in [2.24, 2.45) is 0 Å². The van der Waals surface area contributed by atoms with Crippen LogP contribution in [0.4, 0.5) is 17.1 Å². The van der Waals surface area contributed by atoms with Gasteiger partial charge in [0.15, 0.2) is 0 Å². The first-order chi connectivity index (χ1) is 9.61. The van der Waals surface area contributed by atoms with Crippen LogP contribution in [-0.4, -0.2) is 19.0 Å². The predicted molar refractivity (Wildman–Crippen MR) is 82.9 cm³/mol. The molecular formula is C17H18N2O. The molecule has 0 fully saturated rings. The zero-order valence-electron chi connectivity index (χ0n) is 12.0. The van der Waals surface area contributed by atoms with Gasteiger partial charge in [0.2, 0.25) is 0 Å². The molecule has 20 heavy (non-hydrogen) atoms. The molecule has 3 nitrogen and oxygen atoms in total. The summed E-state index contributed by atoms with van der Waals surface area (Å²) in [6.45, 7) is 4.09. The van der Waals surface area contributed by atoms with Gasteiger partial charge in [0.05, 0.1) is 22.6 Å². The zero-order valence-corrected chi connectivity index (χ0v) is 12.0. The fourth-order valence-electron chi connectivity index (χ4n) is 2.78. The van der Waals surface area contributed by atoms with E-state index in [2.05, 4.69) is 11.0 Å². The van der Waals surface area contributed by atoms with Crippen LogP contribution in [0.2, 0.25) is 0 Å². The van der Waals surface area contributed by atoms with Crippen LogP contribution in [0.1, 0.15) is 24.2 Å². The summed E-state index contributed by atoms with van der Waals surface area (Å²) < 4.78 is 0. The van der Waals surface area contributed by atoms with E-state index in [0.29, 0.717) is 0 Å². The van der Waals surface area contributed by atoms with Crippen LogP contribution in [-0.2, 0) is 0 Å². The van der Waals surface area contributed by atoms with E-state index >= 15 is 0 Å². The van der Waals surface area contributed by atoms with Crippen molar-refractivity contribution in [3.8, 4) is 0 Å². The lowest BCUT2D eigenvalue weighted by molar-refractivity contribution is 0.0981. The summed E-state index contributed by atoms with van der Waals surface area (Å²) in [5, 5.41) is 0. The Balaban J connectivity index is 2.31. The number of carbonyl (C=O) groups excluding carboxylic acids is 1. The lowest BCUT2D eigenvalue weighted by Crippen LogP contribution is -2.36. The number of para-hydroxylation sites is 3. The number of amides is 1. The van der Waals surface area contributed by atoms with Gasteiger partial charge in [-0.3, -0.25) is 4.79 Å². The van der Waals surface area contributed by atoms with E-state index < -0.39 is 0 Å². The predicted octanol–water partition coefficient (Wildman–Crippen LogP) is 3.82. The maximum atomic E-state index is 12.9. The first kappa shape index (κ1) is 12.7. The van der Waals surface area contributed by atoms with Crippen molar-refractivity contribution in [1.82, 2.24) is 0 Å². The van der Waals surface area contributed by atoms with Crippen LogP contribution in [0.15, 0.2) is 48.5 Å². The summed E-state index contributed by atoms with van der Waals surface area (Å²) >= 11 is 0. The molecule has 2 aromatic carbocycles. The van der Waals surface area contributed by atoms with Crippen LogP contribution in [0.5, 0.6) is 0 Å². The molecule has 102 valence electrons. The molecule has 1 aliphatic rings. The average molecular weight is 266 g/mol. The highest BCUT2D eigenvalue weighted by Gasteiger charge is 2.30. The van der Waals surface area contributed by atoms with E-state index in [1.165, 1.54) is 0 Å². The van der Waals surface area contributed by atoms with Gasteiger partial charge in [-0.05, 0) is 38.1 Å². The summed E-state index contributed by atoms with van der Waals surface area (Å²) in [7, 11) is 2.01. The summed E-state index contributed by atoms with van der Waals surface area (Å²) in [4.78, 5) is 16.8. The minimum atomic E-state index is 0.0624. The molecule has 0 spiro atoms. The highest BCUT2D eigenvalue weighted by atomic mass is 16.2. The molecule has 1 heterocycles. The van der Waals surface area contributed by atoms with Gasteiger partial charge >= 0.3 is 0 Å². The van der Waals surface area contributed by atoms with Crippen molar-refractivity contribution in [2.75, 3.05) is 16.8 Å². The number of nitrogens with zero attached hydrogens (tertiary/aromatic N) is 2. The van der Waals surface area contributed by atoms with E-state index in [1.54, 1.807) is 0 Å². The van der Waals surface area contributed by atoms with Crippen molar-refractivity contribution >= 4 is 23.0 Å². The van der Waals surface area contributed by atoms with Gasteiger partial charge in [0, 0.05) is 13.1 Å². The lowest BCUT2D eigenvalue weighted by atomic mass is 10.1. The number of benzene rings is 2. The minimum absolute atomic E-state index is 0.0624. The van der Waals surface area contributed by atoms with Gasteiger partial charge in [0.1, 0.15) is 0 Å². The Morgan fingerprint density at radius 3 is 2.05 bits per heavy atom. The molecule has 0 saturated carbocycles. The highest BCUT2D eigenvalue weighted by Crippen LogP contribution is 2.40. The maximum absolute atomic E-state index is 12.9. The number of rotatable bonds is 1. The number of hydrogen-bond donors (Lipinski definition) is 0. The van der Waals surface area contributed by atoms with Crippen molar-refractivity contribution in [3.63, 3.8) is 0 Å². The monoisotopic (exact) mass is 266 g/mol. The van der Waals surface area contributed by atoms with Crippen molar-refractivity contribution < 1.29 is 4.79 Å². The van der Waals surface area contributed by atoms with Crippen LogP contribution >= 0.6 is 0 Å². The molecule has 0 bridgehead atoms. The molecule has 0 radical (unpaired) electrons. The van der Waals surface area contributed by atoms with Gasteiger partial charge < -0.3 is 9.80 Å². The summed E-state index contributed by atoms with van der Waals surface area (Å²) in [5.41, 5.74) is 3.72. The molecule has 0 aromatic heterocycles. The van der Waals surface area contributed by atoms with Gasteiger partial charge in [-0.1, -0.05) is 24.3 Å². The topological polar surface area (TPSA) is 23.6 Å². The molecule has 0 saturated heterocycles. The quantitative estimate of drug-likeness (QED) is 0.783. The smallest absolute Gasteiger partial charge is 0.260 e. The molecular weight excluding hydrogens is 248 g/mol. The molecule has 3 heteroatoms. The number of carbonyl (C=O) groups is 1. The first-order valence-electron chi connectivity index (χ1n) is 6.86. The Kier molecular flexibility index (Phi) is 2.97. The van der Waals surface area contributed by atoms with Gasteiger partial charge in [-0.15, -0.1) is 0 Å². The van der Waals surface area contributed by atoms with Gasteiger partial charge in [-0.2, -0.15) is 0 Å². The van der Waals surface area contributed by atoms with Crippen molar-refractivity contribution in [3.05, 3.63) is 54.1 Å². The van der Waals surface area contributed by atoms with E-state index in [0.717, 1.165) is 22.6 Å². The molecule has 0 atom stereocenters. The van der Waals surface area contributed by atoms with Crippen LogP contribution in [0.25, 0.3) is 0 Å². The average Bonchev–Trinajstić information content (AvgIpc) is 2.55. The van der Waals surface area contributed by atoms with Crippen LogP contribution in [0.3, 0.4) is 0 Å². The third kappa shape index (κ3) is 1.78. The largest absolute Gasteiger partial charge is 0.342 e. The molecule has 1 aliphatic heterocycles. The van der Waals surface area contributed by atoms with Crippen molar-refractivity contribution in [1.29, 1.82) is 0 Å². The fraction of sp³-hybridized carbons (Fsp3) is 0.235. The Morgan fingerprint density at radius 1 is 0.850 bits per heavy atom. The van der Waals surface area contributed by atoms with E-state index in [4.69, 9.17) is 0 Å². The van der Waals surface area contributed by atoms with Crippen LogP contribution in [0, 0.1) is 0 Å². The third-order valence-electron chi connectivity index (χ3n) is 3.73. The van der Waals surface area contributed by atoms with E-state index in [-0.39, 0.29) is 11.9 Å². The molecule has 0 unspecified atom stereocenters. The lowest BCUT2D eigenvalue weighted by Gasteiger charge is -2.27. The van der Waals surface area contributed by atoms with Crippen LogP contribution < -0.4 is 9.80 Å². The number of anilines is 3. The minimum Gasteiger partial charge on any atom is -0.342 e. The molecule has 2 aromatic rings. The van der Waals surface area contributed by atoms with Gasteiger partial charge in [-0.25, -0.2) is 0 Å². The Bertz CT molecular complexity index is 664. The normalized spacial score (nSPS) is 14.1. The molecule has 0 N–H and O–H groups in total. The Morgan fingerprint density at radius 2 is 1.40 bits per heavy atom. The van der Waals surface area contributed by atoms with E-state index in [9.17, 15) is 4.79 Å². The molecule has 1 amide bonds. The second-order valence-corrected chi connectivity index (χ2v) is 5.33. The summed E-state index contributed by atoms with van der Waals surface area (Å²) in [6, 6.07) is 15.9. The molecule has 3 rings (SSSR count). The Labute approximate surface area is 119 Å². The number of hydrogen-bond acceptors (Lipinski definition) is 2. The second-order valence-electron chi connectivity index (χ2n) is 5.33. The Hall–Kier alpha value is -2.29. The second kappa shape index (κ2) is 4.67. The number of fused-ring (bicyclic) bond motifs is 2. The van der Waals surface area contributed by atoms with E-state index in [1.807, 2.05) is 68.3 Å². The standard InChI is InChI=1S/C17H18N2O/c1-12(2)19-16-11-7-6-10-15(16)18(3)14-9-5-4-8-13(14)17(19)20/h4-12H,1-3H3. The van der Waals surface area contributed by atoms with Crippen molar-refractivity contribution in [2.45, 2.75) is 19.9 Å². The van der Waals surface area contributed by atoms with Gasteiger partial charge in [0.25, 0.3) is 5.91 Å².